The highest BCUT2D eigenvalue weighted by Gasteiger charge is 2.54. The van der Waals surface area contributed by atoms with Crippen molar-refractivity contribution in [1.82, 2.24) is 4.90 Å². The minimum atomic E-state index is -0.838. The summed E-state index contributed by atoms with van der Waals surface area (Å²) in [6.45, 7) is 11.4. The van der Waals surface area contributed by atoms with Crippen molar-refractivity contribution < 1.29 is 19.1 Å². The van der Waals surface area contributed by atoms with E-state index >= 15 is 0 Å². The van der Waals surface area contributed by atoms with E-state index in [4.69, 9.17) is 9.47 Å². The van der Waals surface area contributed by atoms with Gasteiger partial charge in [-0.05, 0) is 52.9 Å². The van der Waals surface area contributed by atoms with Crippen LogP contribution in [-0.4, -0.2) is 40.8 Å². The molecule has 1 heterocycles. The van der Waals surface area contributed by atoms with Crippen LogP contribution < -0.4 is 0 Å². The molecule has 1 aliphatic carbocycles. The molecular weight excluding hydrogens is 294 g/mol. The summed E-state index contributed by atoms with van der Waals surface area (Å²) >= 11 is 0. The van der Waals surface area contributed by atoms with Crippen molar-refractivity contribution >= 4 is 12.4 Å². The normalized spacial score (nSPS) is 34.3. The van der Waals surface area contributed by atoms with Crippen molar-refractivity contribution in [3.8, 4) is 0 Å². The van der Waals surface area contributed by atoms with Crippen molar-refractivity contribution in [2.75, 3.05) is 0 Å². The first-order chi connectivity index (χ1) is 10.6. The molecule has 0 N–H and O–H groups in total. The highest BCUT2D eigenvalue weighted by molar-refractivity contribution is 5.72. The lowest BCUT2D eigenvalue weighted by Gasteiger charge is -2.41. The smallest absolute Gasteiger partial charge is 0.412 e. The molecule has 4 atom stereocenters. The van der Waals surface area contributed by atoms with Crippen LogP contribution in [0.1, 0.15) is 67.2 Å². The summed E-state index contributed by atoms with van der Waals surface area (Å²) in [5.41, 5.74) is -1.41. The zero-order chi connectivity index (χ0) is 17.4. The summed E-state index contributed by atoms with van der Waals surface area (Å²) in [4.78, 5) is 26.1. The van der Waals surface area contributed by atoms with Crippen molar-refractivity contribution in [2.24, 2.45) is 11.8 Å². The van der Waals surface area contributed by atoms with Gasteiger partial charge in [-0.25, -0.2) is 4.79 Å². The Balaban J connectivity index is 2.33. The van der Waals surface area contributed by atoms with Gasteiger partial charge >= 0.3 is 6.09 Å². The van der Waals surface area contributed by atoms with Crippen molar-refractivity contribution in [3.63, 3.8) is 0 Å². The van der Waals surface area contributed by atoms with Crippen LogP contribution in [-0.2, 0) is 14.3 Å². The van der Waals surface area contributed by atoms with E-state index < -0.39 is 23.5 Å². The number of aldehydes is 1. The molecule has 5 heteroatoms. The topological polar surface area (TPSA) is 55.8 Å². The maximum absolute atomic E-state index is 12.8. The van der Waals surface area contributed by atoms with Gasteiger partial charge < -0.3 is 14.3 Å². The lowest BCUT2D eigenvalue weighted by atomic mass is 9.74. The number of amides is 1. The van der Waals surface area contributed by atoms with Crippen LogP contribution >= 0.6 is 0 Å². The third kappa shape index (κ3) is 3.87. The van der Waals surface area contributed by atoms with Crippen LogP contribution in [0.5, 0.6) is 0 Å². The minimum absolute atomic E-state index is 0.243. The standard InChI is InChI=1S/C18H31NO4/c1-12-9-7-8-10-13(12)15-14(11-20)22-18(5,6)19(15)16(21)23-17(2,3)4/h11-15H,7-10H2,1-6H3/t12?,13?,14-,15-/m0/s1. The first-order valence-electron chi connectivity index (χ1n) is 8.72. The molecule has 0 aromatic carbocycles. The Labute approximate surface area is 139 Å². The van der Waals surface area contributed by atoms with Crippen LogP contribution in [0.3, 0.4) is 0 Å². The van der Waals surface area contributed by atoms with Crippen molar-refractivity contribution in [2.45, 2.75) is 90.7 Å². The van der Waals surface area contributed by atoms with E-state index in [2.05, 4.69) is 6.92 Å². The average Bonchev–Trinajstić information content (AvgIpc) is 2.68. The van der Waals surface area contributed by atoms with E-state index in [1.165, 1.54) is 6.42 Å². The summed E-state index contributed by atoms with van der Waals surface area (Å²) in [6, 6.07) is -0.243. The first-order valence-corrected chi connectivity index (χ1v) is 8.72. The SMILES string of the molecule is CC1CCCCC1[C@H]1[C@H](C=O)OC(C)(C)N1C(=O)OC(C)(C)C. The van der Waals surface area contributed by atoms with Crippen LogP contribution in [0, 0.1) is 11.8 Å². The van der Waals surface area contributed by atoms with Gasteiger partial charge in [0.25, 0.3) is 0 Å². The fourth-order valence-corrected chi connectivity index (χ4v) is 4.01. The van der Waals surface area contributed by atoms with Crippen LogP contribution in [0.2, 0.25) is 0 Å². The molecule has 23 heavy (non-hydrogen) atoms. The fourth-order valence-electron chi connectivity index (χ4n) is 4.01. The number of hydrogen-bond donors (Lipinski definition) is 0. The highest BCUT2D eigenvalue weighted by atomic mass is 16.6. The monoisotopic (exact) mass is 325 g/mol. The van der Waals surface area contributed by atoms with Gasteiger partial charge in [-0.15, -0.1) is 0 Å². The Hall–Kier alpha value is -1.10. The summed E-state index contributed by atoms with van der Waals surface area (Å²) in [5.74, 6) is 0.742. The molecule has 0 spiro atoms. The first kappa shape index (κ1) is 18.2. The second-order valence-electron chi connectivity index (χ2n) is 8.43. The summed E-state index contributed by atoms with van der Waals surface area (Å²) < 4.78 is 11.5. The molecular formula is C18H31NO4. The van der Waals surface area contributed by atoms with Gasteiger partial charge in [0.1, 0.15) is 17.4 Å². The Kier molecular flexibility index (Phi) is 5.09. The lowest BCUT2D eigenvalue weighted by Crippen LogP contribution is -2.54. The molecule has 0 aromatic heterocycles. The Bertz CT molecular complexity index is 454. The summed E-state index contributed by atoms with van der Waals surface area (Å²) in [6.07, 6.45) is 4.38. The lowest BCUT2D eigenvalue weighted by molar-refractivity contribution is -0.124. The molecule has 1 amide bonds. The van der Waals surface area contributed by atoms with E-state index in [1.807, 2.05) is 34.6 Å². The number of carbonyl (C=O) groups excluding carboxylic acids is 2. The molecule has 2 unspecified atom stereocenters. The van der Waals surface area contributed by atoms with Crippen LogP contribution in [0.4, 0.5) is 4.79 Å². The molecule has 5 nitrogen and oxygen atoms in total. The highest BCUT2D eigenvalue weighted by Crippen LogP contribution is 2.43. The molecule has 132 valence electrons. The van der Waals surface area contributed by atoms with E-state index in [-0.39, 0.29) is 12.0 Å². The predicted octanol–water partition coefficient (Wildman–Crippen LogP) is 3.75. The third-order valence-corrected chi connectivity index (χ3v) is 4.98. The molecule has 1 saturated heterocycles. The Morgan fingerprint density at radius 3 is 2.39 bits per heavy atom. The van der Waals surface area contributed by atoms with Gasteiger partial charge in [0.2, 0.25) is 0 Å². The second kappa shape index (κ2) is 6.42. The van der Waals surface area contributed by atoms with E-state index in [1.54, 1.807) is 4.90 Å². The number of ether oxygens (including phenoxy) is 2. The van der Waals surface area contributed by atoms with Gasteiger partial charge in [-0.1, -0.05) is 26.2 Å². The number of hydrogen-bond acceptors (Lipinski definition) is 4. The van der Waals surface area contributed by atoms with Crippen LogP contribution in [0.25, 0.3) is 0 Å². The minimum Gasteiger partial charge on any atom is -0.444 e. The van der Waals surface area contributed by atoms with Gasteiger partial charge in [-0.3, -0.25) is 4.90 Å². The molecule has 2 fully saturated rings. The van der Waals surface area contributed by atoms with E-state index in [0.29, 0.717) is 5.92 Å². The summed E-state index contributed by atoms with van der Waals surface area (Å²) in [5, 5.41) is 0. The molecule has 0 radical (unpaired) electrons. The molecule has 0 bridgehead atoms. The Morgan fingerprint density at radius 2 is 1.87 bits per heavy atom. The number of carbonyl (C=O) groups is 2. The largest absolute Gasteiger partial charge is 0.444 e. The van der Waals surface area contributed by atoms with Crippen molar-refractivity contribution in [3.05, 3.63) is 0 Å². The van der Waals surface area contributed by atoms with E-state index in [0.717, 1.165) is 25.5 Å². The molecule has 2 rings (SSSR count). The third-order valence-electron chi connectivity index (χ3n) is 4.98. The molecule has 2 aliphatic rings. The molecule has 0 aromatic rings. The second-order valence-corrected chi connectivity index (χ2v) is 8.43. The Morgan fingerprint density at radius 1 is 1.26 bits per heavy atom. The van der Waals surface area contributed by atoms with Gasteiger partial charge in [0, 0.05) is 0 Å². The van der Waals surface area contributed by atoms with Crippen LogP contribution in [0.15, 0.2) is 0 Å². The molecule has 1 aliphatic heterocycles. The molecule has 1 saturated carbocycles. The zero-order valence-electron chi connectivity index (χ0n) is 15.3. The maximum atomic E-state index is 12.8. The maximum Gasteiger partial charge on any atom is 0.412 e. The average molecular weight is 325 g/mol. The predicted molar refractivity (Wildman–Crippen MR) is 88.0 cm³/mol. The number of rotatable bonds is 2. The van der Waals surface area contributed by atoms with Gasteiger partial charge in [0.05, 0.1) is 6.04 Å². The zero-order valence-corrected chi connectivity index (χ0v) is 15.3. The summed E-state index contributed by atoms with van der Waals surface area (Å²) in [7, 11) is 0. The van der Waals surface area contributed by atoms with Crippen molar-refractivity contribution in [1.29, 1.82) is 0 Å². The van der Waals surface area contributed by atoms with Gasteiger partial charge in [-0.2, -0.15) is 0 Å². The number of nitrogens with zero attached hydrogens (tertiary/aromatic N) is 1. The quantitative estimate of drug-likeness (QED) is 0.726. The van der Waals surface area contributed by atoms with E-state index in [9.17, 15) is 9.59 Å². The van der Waals surface area contributed by atoms with Gasteiger partial charge in [0.15, 0.2) is 6.29 Å². The fraction of sp³-hybridized carbons (Fsp3) is 0.889.